The van der Waals surface area contributed by atoms with Gasteiger partial charge in [0.2, 0.25) is 5.91 Å². The highest BCUT2D eigenvalue weighted by molar-refractivity contribution is 5.84. The van der Waals surface area contributed by atoms with Crippen LogP contribution in [0.2, 0.25) is 0 Å². The molecule has 1 aliphatic rings. The highest BCUT2D eigenvalue weighted by atomic mass is 16.4. The molecular formula is C11H20N2O3. The van der Waals surface area contributed by atoms with Crippen LogP contribution in [-0.4, -0.2) is 41.0 Å². The van der Waals surface area contributed by atoms with E-state index in [1.807, 2.05) is 0 Å². The summed E-state index contributed by atoms with van der Waals surface area (Å²) in [5.41, 5.74) is 4.75. The normalized spacial score (nSPS) is 18.6. The van der Waals surface area contributed by atoms with Crippen molar-refractivity contribution in [2.24, 2.45) is 11.1 Å². The predicted molar refractivity (Wildman–Crippen MR) is 59.8 cm³/mol. The molecule has 5 nitrogen and oxygen atoms in total. The van der Waals surface area contributed by atoms with Gasteiger partial charge in [-0.25, -0.2) is 0 Å². The van der Waals surface area contributed by atoms with Gasteiger partial charge in [-0.05, 0) is 26.7 Å². The van der Waals surface area contributed by atoms with E-state index in [0.29, 0.717) is 13.1 Å². The van der Waals surface area contributed by atoms with E-state index in [-0.39, 0.29) is 18.4 Å². The summed E-state index contributed by atoms with van der Waals surface area (Å²) in [6, 6.07) is 0.177. The van der Waals surface area contributed by atoms with Crippen molar-refractivity contribution in [2.75, 3.05) is 13.1 Å². The Labute approximate surface area is 95.6 Å². The zero-order valence-corrected chi connectivity index (χ0v) is 9.90. The van der Waals surface area contributed by atoms with Crippen LogP contribution >= 0.6 is 0 Å². The summed E-state index contributed by atoms with van der Waals surface area (Å²) in [6.45, 7) is 4.44. The van der Waals surface area contributed by atoms with Gasteiger partial charge in [-0.3, -0.25) is 9.59 Å². The molecule has 0 aromatic carbocycles. The summed E-state index contributed by atoms with van der Waals surface area (Å²) in [4.78, 5) is 24.5. The molecule has 1 aliphatic heterocycles. The second-order valence-electron chi connectivity index (χ2n) is 5.08. The smallest absolute Gasteiger partial charge is 0.309 e. The van der Waals surface area contributed by atoms with Crippen molar-refractivity contribution in [3.8, 4) is 0 Å². The van der Waals surface area contributed by atoms with E-state index < -0.39 is 11.4 Å². The van der Waals surface area contributed by atoms with Crippen LogP contribution in [0.4, 0.5) is 0 Å². The van der Waals surface area contributed by atoms with Crippen LogP contribution in [0.25, 0.3) is 0 Å². The number of likely N-dealkylation sites (tertiary alicyclic amines) is 1. The number of hydrogen-bond donors (Lipinski definition) is 2. The Morgan fingerprint density at radius 1 is 1.38 bits per heavy atom. The lowest BCUT2D eigenvalue weighted by Gasteiger charge is -2.32. The van der Waals surface area contributed by atoms with Crippen LogP contribution in [0.5, 0.6) is 0 Å². The maximum Gasteiger partial charge on any atom is 0.309 e. The number of carbonyl (C=O) groups is 2. The van der Waals surface area contributed by atoms with E-state index in [9.17, 15) is 9.59 Å². The lowest BCUT2D eigenvalue weighted by atomic mass is 9.88. The lowest BCUT2D eigenvalue weighted by molar-refractivity contribution is -0.151. The Hall–Kier alpha value is -1.10. The Balaban J connectivity index is 2.50. The molecule has 5 heteroatoms. The molecule has 1 saturated heterocycles. The minimum absolute atomic E-state index is 0.0531. The van der Waals surface area contributed by atoms with Crippen molar-refractivity contribution in [2.45, 2.75) is 39.2 Å². The Morgan fingerprint density at radius 2 is 1.88 bits per heavy atom. The highest BCUT2D eigenvalue weighted by Gasteiger charge is 2.32. The first-order valence-electron chi connectivity index (χ1n) is 5.59. The molecule has 3 N–H and O–H groups in total. The average Bonchev–Trinajstić information content (AvgIpc) is 2.17. The van der Waals surface area contributed by atoms with E-state index in [4.69, 9.17) is 10.8 Å². The molecule has 0 bridgehead atoms. The fraction of sp³-hybridized carbons (Fsp3) is 0.818. The van der Waals surface area contributed by atoms with Crippen molar-refractivity contribution < 1.29 is 14.7 Å². The van der Waals surface area contributed by atoms with Crippen LogP contribution in [-0.2, 0) is 9.59 Å². The predicted octanol–water partition coefficient (Wildman–Crippen LogP) is 0.437. The average molecular weight is 228 g/mol. The van der Waals surface area contributed by atoms with Gasteiger partial charge in [-0.1, -0.05) is 0 Å². The van der Waals surface area contributed by atoms with E-state index in [2.05, 4.69) is 0 Å². The number of aliphatic carboxylic acids is 1. The number of nitrogens with two attached hydrogens (primary N) is 1. The molecular weight excluding hydrogens is 208 g/mol. The molecule has 0 aliphatic carbocycles. The first-order chi connectivity index (χ1) is 7.33. The molecule has 92 valence electrons. The van der Waals surface area contributed by atoms with Crippen LogP contribution in [0.3, 0.4) is 0 Å². The van der Waals surface area contributed by atoms with Gasteiger partial charge < -0.3 is 15.7 Å². The maximum atomic E-state index is 11.8. The molecule has 0 spiro atoms. The molecule has 0 atom stereocenters. The topological polar surface area (TPSA) is 83.6 Å². The summed E-state index contributed by atoms with van der Waals surface area (Å²) in [5, 5.41) is 8.94. The third-order valence-corrected chi connectivity index (χ3v) is 3.06. The van der Waals surface area contributed by atoms with Crippen molar-refractivity contribution in [3.63, 3.8) is 0 Å². The second-order valence-corrected chi connectivity index (χ2v) is 5.08. The van der Waals surface area contributed by atoms with E-state index >= 15 is 0 Å². The first kappa shape index (κ1) is 13.0. The van der Waals surface area contributed by atoms with E-state index in [1.165, 1.54) is 0 Å². The molecule has 1 heterocycles. The largest absolute Gasteiger partial charge is 0.481 e. The number of carboxylic acids is 1. The summed E-state index contributed by atoms with van der Waals surface area (Å²) < 4.78 is 0. The number of carbonyl (C=O) groups excluding carboxylic acids is 1. The van der Waals surface area contributed by atoms with E-state index in [0.717, 1.165) is 12.8 Å². The molecule has 0 aromatic heterocycles. The SMILES string of the molecule is CC(C)(CC(=O)N1CCC(N)CC1)C(=O)O. The van der Waals surface area contributed by atoms with Gasteiger partial charge in [-0.2, -0.15) is 0 Å². The fourth-order valence-corrected chi connectivity index (χ4v) is 1.71. The molecule has 1 fully saturated rings. The molecule has 0 unspecified atom stereocenters. The van der Waals surface area contributed by atoms with Crippen LogP contribution in [0.15, 0.2) is 0 Å². The minimum atomic E-state index is -0.989. The molecule has 16 heavy (non-hydrogen) atoms. The summed E-state index contributed by atoms with van der Waals surface area (Å²) in [5.74, 6) is -1.02. The summed E-state index contributed by atoms with van der Waals surface area (Å²) >= 11 is 0. The molecule has 0 saturated carbocycles. The Bertz CT molecular complexity index is 281. The van der Waals surface area contributed by atoms with Crippen molar-refractivity contribution in [1.82, 2.24) is 4.90 Å². The van der Waals surface area contributed by atoms with Gasteiger partial charge in [0, 0.05) is 25.6 Å². The van der Waals surface area contributed by atoms with Crippen molar-refractivity contribution >= 4 is 11.9 Å². The van der Waals surface area contributed by atoms with Gasteiger partial charge >= 0.3 is 5.97 Å². The summed E-state index contributed by atoms with van der Waals surface area (Å²) in [7, 11) is 0. The Kier molecular flexibility index (Phi) is 3.91. The Morgan fingerprint density at radius 3 is 2.31 bits per heavy atom. The number of amides is 1. The minimum Gasteiger partial charge on any atom is -0.481 e. The van der Waals surface area contributed by atoms with E-state index in [1.54, 1.807) is 18.7 Å². The number of piperidine rings is 1. The number of nitrogens with zero attached hydrogens (tertiary/aromatic N) is 1. The van der Waals surface area contributed by atoms with Crippen LogP contribution in [0.1, 0.15) is 33.1 Å². The summed E-state index contributed by atoms with van der Waals surface area (Å²) in [6.07, 6.45) is 1.66. The number of rotatable bonds is 3. The zero-order valence-electron chi connectivity index (χ0n) is 9.90. The highest BCUT2D eigenvalue weighted by Crippen LogP contribution is 2.22. The lowest BCUT2D eigenvalue weighted by Crippen LogP contribution is -2.44. The van der Waals surface area contributed by atoms with Crippen LogP contribution in [0, 0.1) is 5.41 Å². The zero-order chi connectivity index (χ0) is 12.3. The standard InChI is InChI=1S/C11H20N2O3/c1-11(2,10(15)16)7-9(14)13-5-3-8(12)4-6-13/h8H,3-7,12H2,1-2H3,(H,15,16). The van der Waals surface area contributed by atoms with Gasteiger partial charge in [0.1, 0.15) is 0 Å². The van der Waals surface area contributed by atoms with Crippen LogP contribution < -0.4 is 5.73 Å². The molecule has 1 amide bonds. The first-order valence-corrected chi connectivity index (χ1v) is 5.59. The van der Waals surface area contributed by atoms with Crippen molar-refractivity contribution in [3.05, 3.63) is 0 Å². The fourth-order valence-electron chi connectivity index (χ4n) is 1.71. The second kappa shape index (κ2) is 4.82. The van der Waals surface area contributed by atoms with Gasteiger partial charge in [0.05, 0.1) is 5.41 Å². The quantitative estimate of drug-likeness (QED) is 0.734. The molecule has 1 rings (SSSR count). The van der Waals surface area contributed by atoms with Gasteiger partial charge in [0.25, 0.3) is 0 Å². The number of carboxylic acid groups (broad SMARTS) is 1. The third kappa shape index (κ3) is 3.20. The number of hydrogen-bond acceptors (Lipinski definition) is 3. The monoisotopic (exact) mass is 228 g/mol. The molecule has 0 radical (unpaired) electrons. The van der Waals surface area contributed by atoms with Crippen molar-refractivity contribution in [1.29, 1.82) is 0 Å². The van der Waals surface area contributed by atoms with Gasteiger partial charge in [0.15, 0.2) is 0 Å². The maximum absolute atomic E-state index is 11.8. The van der Waals surface area contributed by atoms with Gasteiger partial charge in [-0.15, -0.1) is 0 Å². The molecule has 0 aromatic rings. The third-order valence-electron chi connectivity index (χ3n) is 3.06.